The first-order valence-corrected chi connectivity index (χ1v) is 6.81. The molecule has 2 aromatic rings. The number of amides is 2. The fraction of sp³-hybridized carbons (Fsp3) is 0.312. The molecule has 1 heterocycles. The Morgan fingerprint density at radius 1 is 1.29 bits per heavy atom. The average Bonchev–Trinajstić information content (AvgIpc) is 2.98. The van der Waals surface area contributed by atoms with E-state index in [2.05, 4.69) is 10.6 Å². The molecule has 1 unspecified atom stereocenters. The van der Waals surface area contributed by atoms with Crippen molar-refractivity contribution in [2.24, 2.45) is 0 Å². The Labute approximate surface area is 124 Å². The van der Waals surface area contributed by atoms with Crippen molar-refractivity contribution in [3.8, 4) is 0 Å². The molecule has 0 aliphatic rings. The Bertz CT molecular complexity index is 591. The van der Waals surface area contributed by atoms with Crippen LogP contribution in [0.1, 0.15) is 23.8 Å². The molecular weight excluding hydrogens is 268 g/mol. The maximum Gasteiger partial charge on any atom is 0.315 e. The van der Waals surface area contributed by atoms with Gasteiger partial charge in [0.1, 0.15) is 11.4 Å². The van der Waals surface area contributed by atoms with Gasteiger partial charge in [0.05, 0.1) is 12.8 Å². The number of furan rings is 1. The highest BCUT2D eigenvalue weighted by Crippen LogP contribution is 2.19. The summed E-state index contributed by atoms with van der Waals surface area (Å²) in [6.07, 6.45) is 1.49. The van der Waals surface area contributed by atoms with Crippen molar-refractivity contribution in [1.29, 1.82) is 0 Å². The van der Waals surface area contributed by atoms with Gasteiger partial charge in [-0.15, -0.1) is 0 Å². The Morgan fingerprint density at radius 3 is 2.76 bits per heavy atom. The first kappa shape index (κ1) is 15.1. The highest BCUT2D eigenvalue weighted by atomic mass is 16.4. The molecule has 1 aromatic carbocycles. The minimum absolute atomic E-state index is 0.0696. The van der Waals surface area contributed by atoms with Gasteiger partial charge in [-0.1, -0.05) is 29.8 Å². The van der Waals surface area contributed by atoms with E-state index in [1.165, 1.54) is 6.26 Å². The maximum atomic E-state index is 11.8. The van der Waals surface area contributed by atoms with Crippen LogP contribution in [0.4, 0.5) is 4.79 Å². The van der Waals surface area contributed by atoms with Crippen LogP contribution in [0, 0.1) is 6.92 Å². The van der Waals surface area contributed by atoms with E-state index in [0.717, 1.165) is 11.1 Å². The zero-order valence-corrected chi connectivity index (χ0v) is 12.2. The van der Waals surface area contributed by atoms with Crippen LogP contribution in [0.2, 0.25) is 0 Å². The zero-order chi connectivity index (χ0) is 15.3. The summed E-state index contributed by atoms with van der Waals surface area (Å²) in [5.74, 6) is 0.418. The summed E-state index contributed by atoms with van der Waals surface area (Å²) in [6.45, 7) is 4.10. The standard InChI is InChI=1S/C16H20N2O3/c1-12-5-3-6-13(9-12)10-17-15(19)18-11-16(2,20)14-7-4-8-21-14/h3-9,20H,10-11H2,1-2H3,(H2,17,18,19). The highest BCUT2D eigenvalue weighted by molar-refractivity contribution is 5.73. The number of carbonyl (C=O) groups is 1. The van der Waals surface area contributed by atoms with Crippen LogP contribution >= 0.6 is 0 Å². The Balaban J connectivity index is 1.80. The summed E-state index contributed by atoms with van der Waals surface area (Å²) in [6, 6.07) is 11.0. The number of nitrogens with one attached hydrogen (secondary N) is 2. The van der Waals surface area contributed by atoms with Gasteiger partial charge in [0, 0.05) is 6.54 Å². The second-order valence-corrected chi connectivity index (χ2v) is 5.28. The van der Waals surface area contributed by atoms with Crippen LogP contribution < -0.4 is 10.6 Å². The summed E-state index contributed by atoms with van der Waals surface area (Å²) in [5, 5.41) is 15.6. The monoisotopic (exact) mass is 288 g/mol. The Kier molecular flexibility index (Phi) is 4.65. The molecule has 21 heavy (non-hydrogen) atoms. The van der Waals surface area contributed by atoms with Crippen LogP contribution in [0.25, 0.3) is 0 Å². The van der Waals surface area contributed by atoms with Gasteiger partial charge < -0.3 is 20.2 Å². The van der Waals surface area contributed by atoms with Crippen LogP contribution in [0.3, 0.4) is 0 Å². The van der Waals surface area contributed by atoms with E-state index in [1.807, 2.05) is 31.2 Å². The SMILES string of the molecule is Cc1cccc(CNC(=O)NCC(C)(O)c2ccco2)c1. The molecule has 3 N–H and O–H groups in total. The van der Waals surface area contributed by atoms with Crippen molar-refractivity contribution in [3.63, 3.8) is 0 Å². The van der Waals surface area contributed by atoms with Gasteiger partial charge >= 0.3 is 6.03 Å². The van der Waals surface area contributed by atoms with Crippen LogP contribution in [0.15, 0.2) is 47.1 Å². The van der Waals surface area contributed by atoms with Crippen molar-refractivity contribution in [2.75, 3.05) is 6.54 Å². The topological polar surface area (TPSA) is 74.5 Å². The normalized spacial score (nSPS) is 13.5. The predicted octanol–water partition coefficient (Wildman–Crippen LogP) is 2.29. The number of urea groups is 1. The van der Waals surface area contributed by atoms with E-state index in [-0.39, 0.29) is 12.6 Å². The number of benzene rings is 1. The second kappa shape index (κ2) is 6.45. The summed E-state index contributed by atoms with van der Waals surface area (Å²) in [4.78, 5) is 11.8. The van der Waals surface area contributed by atoms with Gasteiger partial charge in [-0.2, -0.15) is 0 Å². The molecule has 0 radical (unpaired) electrons. The molecule has 0 spiro atoms. The summed E-state index contributed by atoms with van der Waals surface area (Å²) in [7, 11) is 0. The first-order valence-electron chi connectivity index (χ1n) is 6.81. The number of aryl methyl sites for hydroxylation is 1. The minimum Gasteiger partial charge on any atom is -0.466 e. The van der Waals surface area contributed by atoms with Gasteiger partial charge in [0.15, 0.2) is 0 Å². The van der Waals surface area contributed by atoms with Crippen molar-refractivity contribution >= 4 is 6.03 Å². The largest absolute Gasteiger partial charge is 0.466 e. The van der Waals surface area contributed by atoms with Gasteiger partial charge in [0.2, 0.25) is 0 Å². The fourth-order valence-electron chi connectivity index (χ4n) is 1.99. The van der Waals surface area contributed by atoms with Crippen LogP contribution in [0.5, 0.6) is 0 Å². The second-order valence-electron chi connectivity index (χ2n) is 5.28. The van der Waals surface area contributed by atoms with Crippen LogP contribution in [-0.4, -0.2) is 17.7 Å². The predicted molar refractivity (Wildman–Crippen MR) is 79.7 cm³/mol. The van der Waals surface area contributed by atoms with E-state index in [1.54, 1.807) is 19.1 Å². The maximum absolute atomic E-state index is 11.8. The van der Waals surface area contributed by atoms with Crippen molar-refractivity contribution < 1.29 is 14.3 Å². The average molecular weight is 288 g/mol. The smallest absolute Gasteiger partial charge is 0.315 e. The molecular formula is C16H20N2O3. The van der Waals surface area contributed by atoms with E-state index in [4.69, 9.17) is 4.42 Å². The van der Waals surface area contributed by atoms with E-state index < -0.39 is 5.60 Å². The Morgan fingerprint density at radius 2 is 2.10 bits per heavy atom. The van der Waals surface area contributed by atoms with E-state index in [9.17, 15) is 9.90 Å². The quantitative estimate of drug-likeness (QED) is 0.790. The lowest BCUT2D eigenvalue weighted by Crippen LogP contribution is -2.43. The molecule has 1 aromatic heterocycles. The van der Waals surface area contributed by atoms with E-state index in [0.29, 0.717) is 12.3 Å². The highest BCUT2D eigenvalue weighted by Gasteiger charge is 2.26. The van der Waals surface area contributed by atoms with Gasteiger partial charge in [-0.25, -0.2) is 4.79 Å². The number of carbonyl (C=O) groups excluding carboxylic acids is 1. The number of hydrogen-bond donors (Lipinski definition) is 3. The fourth-order valence-corrected chi connectivity index (χ4v) is 1.99. The number of hydrogen-bond acceptors (Lipinski definition) is 3. The van der Waals surface area contributed by atoms with Crippen molar-refractivity contribution in [1.82, 2.24) is 10.6 Å². The van der Waals surface area contributed by atoms with Crippen molar-refractivity contribution in [3.05, 3.63) is 59.5 Å². The molecule has 0 bridgehead atoms. The molecule has 0 fully saturated rings. The van der Waals surface area contributed by atoms with Gasteiger partial charge in [-0.05, 0) is 31.5 Å². The molecule has 1 atom stereocenters. The molecule has 112 valence electrons. The third-order valence-corrected chi connectivity index (χ3v) is 3.18. The molecule has 0 aliphatic heterocycles. The van der Waals surface area contributed by atoms with Crippen molar-refractivity contribution in [2.45, 2.75) is 26.0 Å². The number of rotatable bonds is 5. The third kappa shape index (κ3) is 4.36. The summed E-state index contributed by atoms with van der Waals surface area (Å²) >= 11 is 0. The molecule has 5 nitrogen and oxygen atoms in total. The molecule has 2 amide bonds. The lowest BCUT2D eigenvalue weighted by Gasteiger charge is -2.21. The lowest BCUT2D eigenvalue weighted by molar-refractivity contribution is 0.0367. The lowest BCUT2D eigenvalue weighted by atomic mass is 10.0. The molecule has 0 saturated heterocycles. The van der Waals surface area contributed by atoms with Crippen LogP contribution in [-0.2, 0) is 12.1 Å². The van der Waals surface area contributed by atoms with Gasteiger partial charge in [-0.3, -0.25) is 0 Å². The molecule has 0 saturated carbocycles. The molecule has 5 heteroatoms. The first-order chi connectivity index (χ1) is 9.97. The molecule has 0 aliphatic carbocycles. The van der Waals surface area contributed by atoms with Gasteiger partial charge in [0.25, 0.3) is 0 Å². The summed E-state index contributed by atoms with van der Waals surface area (Å²) < 4.78 is 5.15. The minimum atomic E-state index is -1.23. The summed E-state index contributed by atoms with van der Waals surface area (Å²) in [5.41, 5.74) is 0.947. The zero-order valence-electron chi connectivity index (χ0n) is 12.2. The Hall–Kier alpha value is -2.27. The molecule has 2 rings (SSSR count). The van der Waals surface area contributed by atoms with E-state index >= 15 is 0 Å². The number of aliphatic hydroxyl groups is 1. The third-order valence-electron chi connectivity index (χ3n) is 3.18.